The van der Waals surface area contributed by atoms with E-state index in [0.717, 1.165) is 11.6 Å². The molecule has 1 aromatic carbocycles. The number of halogens is 2. The van der Waals surface area contributed by atoms with Crippen LogP contribution in [0.5, 0.6) is 0 Å². The van der Waals surface area contributed by atoms with Gasteiger partial charge >= 0.3 is 0 Å². The van der Waals surface area contributed by atoms with Gasteiger partial charge in [0.15, 0.2) is 0 Å². The molecule has 0 saturated carbocycles. The van der Waals surface area contributed by atoms with Crippen molar-refractivity contribution in [1.29, 1.82) is 0 Å². The average Bonchev–Trinajstić information content (AvgIpc) is 2.97. The van der Waals surface area contributed by atoms with Gasteiger partial charge in [-0.05, 0) is 12.1 Å². The molecule has 1 fully saturated rings. The molecule has 1 saturated heterocycles. The van der Waals surface area contributed by atoms with E-state index in [2.05, 4.69) is 10.4 Å². The van der Waals surface area contributed by atoms with Crippen LogP contribution in [0.3, 0.4) is 0 Å². The zero-order chi connectivity index (χ0) is 16.6. The van der Waals surface area contributed by atoms with Crippen LogP contribution in [-0.2, 0) is 7.05 Å². The third-order valence-corrected chi connectivity index (χ3v) is 4.13. The second-order valence-electron chi connectivity index (χ2n) is 5.55. The zero-order valence-electron chi connectivity index (χ0n) is 12.6. The maximum absolute atomic E-state index is 13.7. The third kappa shape index (κ3) is 3.16. The van der Waals surface area contributed by atoms with Gasteiger partial charge in [0.1, 0.15) is 5.82 Å². The molecule has 0 bridgehead atoms. The molecule has 3 N–H and O–H groups in total. The van der Waals surface area contributed by atoms with Gasteiger partial charge in [0.25, 0.3) is 5.91 Å². The van der Waals surface area contributed by atoms with E-state index in [1.807, 2.05) is 13.2 Å². The summed E-state index contributed by atoms with van der Waals surface area (Å²) in [5.41, 5.74) is 6.62. The number of aromatic nitrogens is 2. The Bertz CT molecular complexity index is 747. The molecule has 0 radical (unpaired) electrons. The highest BCUT2D eigenvalue weighted by atomic mass is 35.5. The first-order chi connectivity index (χ1) is 11.0. The Morgan fingerprint density at radius 2 is 2.30 bits per heavy atom. The summed E-state index contributed by atoms with van der Waals surface area (Å²) in [6.07, 6.45) is 3.66. The minimum Gasteiger partial charge on any atom is -0.396 e. The lowest BCUT2D eigenvalue weighted by molar-refractivity contribution is 0.0703. The number of hydrogen-bond acceptors (Lipinski definition) is 4. The third-order valence-electron chi connectivity index (χ3n) is 3.91. The number of nitrogens with zero attached hydrogens (tertiary/aromatic N) is 3. The minimum absolute atomic E-state index is 0.0216. The van der Waals surface area contributed by atoms with E-state index >= 15 is 0 Å². The number of nitrogens with one attached hydrogen (secondary N) is 1. The van der Waals surface area contributed by atoms with Crippen LogP contribution in [0.2, 0.25) is 5.02 Å². The van der Waals surface area contributed by atoms with Gasteiger partial charge in [-0.15, -0.1) is 0 Å². The van der Waals surface area contributed by atoms with Gasteiger partial charge in [-0.3, -0.25) is 9.48 Å². The Morgan fingerprint density at radius 3 is 3.00 bits per heavy atom. The van der Waals surface area contributed by atoms with Crippen LogP contribution in [0.15, 0.2) is 24.5 Å². The van der Waals surface area contributed by atoms with Crippen LogP contribution >= 0.6 is 11.6 Å². The number of rotatable bonds is 2. The number of benzene rings is 1. The number of anilines is 1. The predicted molar refractivity (Wildman–Crippen MR) is 85.7 cm³/mol. The van der Waals surface area contributed by atoms with Crippen molar-refractivity contribution in [3.8, 4) is 0 Å². The molecule has 1 aromatic heterocycles. The van der Waals surface area contributed by atoms with E-state index in [-0.39, 0.29) is 28.2 Å². The molecule has 6 nitrogen and oxygen atoms in total. The molecule has 1 atom stereocenters. The van der Waals surface area contributed by atoms with Crippen molar-refractivity contribution in [2.45, 2.75) is 6.04 Å². The van der Waals surface area contributed by atoms with Crippen molar-refractivity contribution in [2.75, 3.05) is 25.4 Å². The zero-order valence-corrected chi connectivity index (χ0v) is 13.3. The highest BCUT2D eigenvalue weighted by Gasteiger charge is 2.27. The van der Waals surface area contributed by atoms with Crippen LogP contribution in [-0.4, -0.2) is 40.2 Å². The fourth-order valence-electron chi connectivity index (χ4n) is 2.71. The van der Waals surface area contributed by atoms with Crippen molar-refractivity contribution in [2.24, 2.45) is 7.05 Å². The molecule has 3 rings (SSSR count). The molecular formula is C15H17ClFN5O. The van der Waals surface area contributed by atoms with Gasteiger partial charge in [0, 0.05) is 43.5 Å². The largest absolute Gasteiger partial charge is 0.396 e. The summed E-state index contributed by atoms with van der Waals surface area (Å²) in [6.45, 7) is 1.61. The molecule has 1 aliphatic heterocycles. The van der Waals surface area contributed by atoms with Crippen molar-refractivity contribution in [1.82, 2.24) is 20.0 Å². The van der Waals surface area contributed by atoms with Gasteiger partial charge in [0.05, 0.1) is 23.5 Å². The Labute approximate surface area is 138 Å². The van der Waals surface area contributed by atoms with Gasteiger partial charge in [-0.25, -0.2) is 4.39 Å². The summed E-state index contributed by atoms with van der Waals surface area (Å²) in [5.74, 6) is -1.00. The van der Waals surface area contributed by atoms with Crippen molar-refractivity contribution >= 4 is 23.2 Å². The quantitative estimate of drug-likeness (QED) is 0.816. The fraction of sp³-hybridized carbons (Fsp3) is 0.333. The number of amides is 1. The number of carbonyl (C=O) groups excluding carboxylic acids is 1. The monoisotopic (exact) mass is 337 g/mol. The lowest BCUT2D eigenvalue weighted by Crippen LogP contribution is -2.48. The molecule has 2 heterocycles. The first-order valence-electron chi connectivity index (χ1n) is 7.21. The second kappa shape index (κ2) is 6.17. The second-order valence-corrected chi connectivity index (χ2v) is 5.99. The van der Waals surface area contributed by atoms with Crippen LogP contribution in [0.4, 0.5) is 10.1 Å². The maximum atomic E-state index is 13.7. The van der Waals surface area contributed by atoms with Crippen LogP contribution in [0.1, 0.15) is 22.0 Å². The van der Waals surface area contributed by atoms with Crippen molar-refractivity contribution in [3.63, 3.8) is 0 Å². The highest BCUT2D eigenvalue weighted by molar-refractivity contribution is 6.31. The molecule has 1 amide bonds. The topological polar surface area (TPSA) is 76.2 Å². The smallest absolute Gasteiger partial charge is 0.256 e. The average molecular weight is 338 g/mol. The summed E-state index contributed by atoms with van der Waals surface area (Å²) in [5, 5.41) is 7.64. The number of aryl methyl sites for hydroxylation is 1. The molecule has 2 aromatic rings. The van der Waals surface area contributed by atoms with Crippen LogP contribution < -0.4 is 11.1 Å². The molecule has 8 heteroatoms. The minimum atomic E-state index is -0.681. The van der Waals surface area contributed by atoms with Crippen LogP contribution in [0.25, 0.3) is 0 Å². The summed E-state index contributed by atoms with van der Waals surface area (Å²) in [6, 6.07) is 2.49. The van der Waals surface area contributed by atoms with E-state index < -0.39 is 5.82 Å². The van der Waals surface area contributed by atoms with E-state index in [1.54, 1.807) is 15.8 Å². The Morgan fingerprint density at radius 1 is 1.52 bits per heavy atom. The standard InChI is InChI=1S/C15H17ClFN5O/c1-21-7-9(6-20-21)13-8-22(3-2-19-13)15(23)11-4-10(16)5-12(17)14(11)18/h4-7,13,19H,2-3,8,18H2,1H3/t13-/m1/s1. The lowest BCUT2D eigenvalue weighted by Gasteiger charge is -2.33. The highest BCUT2D eigenvalue weighted by Crippen LogP contribution is 2.25. The number of hydrogen-bond donors (Lipinski definition) is 2. The Balaban J connectivity index is 1.82. The van der Waals surface area contributed by atoms with E-state index in [1.165, 1.54) is 6.07 Å². The van der Waals surface area contributed by atoms with E-state index in [4.69, 9.17) is 17.3 Å². The Hall–Kier alpha value is -2.12. The molecule has 1 aliphatic rings. The van der Waals surface area contributed by atoms with Gasteiger partial charge < -0.3 is 16.0 Å². The molecular weight excluding hydrogens is 321 g/mol. The normalized spacial score (nSPS) is 18.2. The fourth-order valence-corrected chi connectivity index (χ4v) is 2.91. The summed E-state index contributed by atoms with van der Waals surface area (Å²) >= 11 is 5.84. The first-order valence-corrected chi connectivity index (χ1v) is 7.59. The SMILES string of the molecule is Cn1cc([C@H]2CN(C(=O)c3cc(Cl)cc(F)c3N)CCN2)cn1. The maximum Gasteiger partial charge on any atom is 0.256 e. The summed E-state index contributed by atoms with van der Waals surface area (Å²) < 4.78 is 15.4. The van der Waals surface area contributed by atoms with Gasteiger partial charge in [-0.1, -0.05) is 11.6 Å². The molecule has 122 valence electrons. The molecule has 0 unspecified atom stereocenters. The van der Waals surface area contributed by atoms with E-state index in [0.29, 0.717) is 19.6 Å². The predicted octanol–water partition coefficient (Wildman–Crippen LogP) is 1.58. The molecule has 23 heavy (non-hydrogen) atoms. The molecule has 0 spiro atoms. The van der Waals surface area contributed by atoms with E-state index in [9.17, 15) is 9.18 Å². The first kappa shape index (κ1) is 15.8. The number of piperazine rings is 1. The number of nitrogen functional groups attached to an aromatic ring is 1. The number of carbonyl (C=O) groups is 1. The lowest BCUT2D eigenvalue weighted by atomic mass is 10.1. The van der Waals surface area contributed by atoms with Gasteiger partial charge in [0.2, 0.25) is 0 Å². The molecule has 0 aliphatic carbocycles. The summed E-state index contributed by atoms with van der Waals surface area (Å²) in [4.78, 5) is 14.3. The number of nitrogens with two attached hydrogens (primary N) is 1. The van der Waals surface area contributed by atoms with Crippen LogP contribution in [0, 0.1) is 5.82 Å². The van der Waals surface area contributed by atoms with Gasteiger partial charge in [-0.2, -0.15) is 5.10 Å². The Kier molecular flexibility index (Phi) is 4.23. The van der Waals surface area contributed by atoms with Crippen molar-refractivity contribution in [3.05, 3.63) is 46.5 Å². The summed E-state index contributed by atoms with van der Waals surface area (Å²) in [7, 11) is 1.84. The van der Waals surface area contributed by atoms with Crippen molar-refractivity contribution < 1.29 is 9.18 Å².